The number of amides is 1. The Hall–Kier alpha value is -0.650. The van der Waals surface area contributed by atoms with Crippen molar-refractivity contribution in [2.75, 3.05) is 32.8 Å². The molecule has 0 spiro atoms. The van der Waals surface area contributed by atoms with Gasteiger partial charge in [0.25, 0.3) is 0 Å². The molecule has 0 radical (unpaired) electrons. The number of piperidine rings is 1. The SMILES string of the molecule is NC(=O)C1CC2CC2(CCN2CCOCC2)N1. The minimum Gasteiger partial charge on any atom is -0.379 e. The van der Waals surface area contributed by atoms with Gasteiger partial charge in [-0.3, -0.25) is 15.0 Å². The number of hydrogen-bond acceptors (Lipinski definition) is 4. The van der Waals surface area contributed by atoms with E-state index in [2.05, 4.69) is 10.2 Å². The average molecular weight is 239 g/mol. The number of nitrogens with zero attached hydrogens (tertiary/aromatic N) is 1. The van der Waals surface area contributed by atoms with Crippen LogP contribution in [0, 0.1) is 5.92 Å². The van der Waals surface area contributed by atoms with E-state index < -0.39 is 0 Å². The van der Waals surface area contributed by atoms with Crippen LogP contribution in [0.2, 0.25) is 0 Å². The van der Waals surface area contributed by atoms with Gasteiger partial charge in [0, 0.05) is 25.2 Å². The van der Waals surface area contributed by atoms with E-state index in [4.69, 9.17) is 10.5 Å². The van der Waals surface area contributed by atoms with E-state index in [1.165, 1.54) is 6.42 Å². The first-order valence-corrected chi connectivity index (χ1v) is 6.57. The molecular weight excluding hydrogens is 218 g/mol. The summed E-state index contributed by atoms with van der Waals surface area (Å²) in [5.41, 5.74) is 5.58. The van der Waals surface area contributed by atoms with Crippen molar-refractivity contribution < 1.29 is 9.53 Å². The molecule has 3 rings (SSSR count). The first-order valence-electron chi connectivity index (χ1n) is 6.57. The molecule has 0 bridgehead atoms. The van der Waals surface area contributed by atoms with Crippen molar-refractivity contribution in [2.45, 2.75) is 30.8 Å². The van der Waals surface area contributed by atoms with Gasteiger partial charge in [-0.15, -0.1) is 0 Å². The zero-order valence-electron chi connectivity index (χ0n) is 10.2. The molecule has 0 aromatic rings. The lowest BCUT2D eigenvalue weighted by molar-refractivity contribution is -0.120. The molecule has 1 aliphatic carbocycles. The van der Waals surface area contributed by atoms with E-state index in [9.17, 15) is 4.79 Å². The molecule has 1 amide bonds. The van der Waals surface area contributed by atoms with Gasteiger partial charge in [0.15, 0.2) is 0 Å². The fourth-order valence-corrected chi connectivity index (χ4v) is 3.30. The highest BCUT2D eigenvalue weighted by molar-refractivity contribution is 5.80. The average Bonchev–Trinajstić information content (AvgIpc) is 2.90. The van der Waals surface area contributed by atoms with E-state index >= 15 is 0 Å². The lowest BCUT2D eigenvalue weighted by Crippen LogP contribution is -2.45. The zero-order chi connectivity index (χ0) is 11.9. The van der Waals surface area contributed by atoms with Crippen LogP contribution in [0.15, 0.2) is 0 Å². The fourth-order valence-electron chi connectivity index (χ4n) is 3.30. The van der Waals surface area contributed by atoms with Gasteiger partial charge in [0.1, 0.15) is 0 Å². The number of morpholine rings is 1. The highest BCUT2D eigenvalue weighted by Gasteiger charge is 2.60. The Labute approximate surface area is 102 Å². The Morgan fingerprint density at radius 3 is 2.88 bits per heavy atom. The second-order valence-corrected chi connectivity index (χ2v) is 5.60. The van der Waals surface area contributed by atoms with E-state index in [-0.39, 0.29) is 17.5 Å². The molecule has 3 atom stereocenters. The lowest BCUT2D eigenvalue weighted by Gasteiger charge is -2.28. The first kappa shape index (κ1) is 11.4. The quantitative estimate of drug-likeness (QED) is 0.682. The predicted octanol–water partition coefficient (Wildman–Crippen LogP) is -0.685. The standard InChI is InChI=1S/C12H21N3O2/c13-11(16)10-7-9-8-12(9,14-10)1-2-15-3-5-17-6-4-15/h9-10,14H,1-8H2,(H2,13,16). The minimum absolute atomic E-state index is 0.0848. The van der Waals surface area contributed by atoms with Gasteiger partial charge in [-0.1, -0.05) is 0 Å². The minimum atomic E-state index is -0.192. The molecule has 2 aliphatic heterocycles. The molecule has 3 unspecified atom stereocenters. The van der Waals surface area contributed by atoms with Gasteiger partial charge in [-0.05, 0) is 25.2 Å². The second-order valence-electron chi connectivity index (χ2n) is 5.60. The normalized spacial score (nSPS) is 41.2. The van der Waals surface area contributed by atoms with Gasteiger partial charge in [-0.25, -0.2) is 0 Å². The number of hydrogen-bond donors (Lipinski definition) is 2. The molecule has 0 aromatic heterocycles. The molecule has 3 fully saturated rings. The van der Waals surface area contributed by atoms with Gasteiger partial charge in [-0.2, -0.15) is 0 Å². The summed E-state index contributed by atoms with van der Waals surface area (Å²) in [6, 6.07) is -0.0848. The van der Waals surface area contributed by atoms with Gasteiger partial charge in [0.05, 0.1) is 19.3 Å². The smallest absolute Gasteiger partial charge is 0.234 e. The van der Waals surface area contributed by atoms with Gasteiger partial charge in [0.2, 0.25) is 5.91 Å². The molecule has 2 heterocycles. The second kappa shape index (κ2) is 4.23. The summed E-state index contributed by atoms with van der Waals surface area (Å²) in [5, 5.41) is 3.45. The van der Waals surface area contributed by atoms with Crippen LogP contribution in [0.1, 0.15) is 19.3 Å². The van der Waals surface area contributed by atoms with Crippen molar-refractivity contribution in [1.82, 2.24) is 10.2 Å². The molecular formula is C12H21N3O2. The molecule has 2 saturated heterocycles. The van der Waals surface area contributed by atoms with E-state index in [1.54, 1.807) is 0 Å². The van der Waals surface area contributed by atoms with Crippen molar-refractivity contribution >= 4 is 5.91 Å². The Bertz CT molecular complexity index is 317. The van der Waals surface area contributed by atoms with E-state index in [0.29, 0.717) is 5.92 Å². The molecule has 1 saturated carbocycles. The van der Waals surface area contributed by atoms with Crippen LogP contribution < -0.4 is 11.1 Å². The maximum Gasteiger partial charge on any atom is 0.234 e. The summed E-state index contributed by atoms with van der Waals surface area (Å²) in [4.78, 5) is 13.6. The molecule has 96 valence electrons. The number of rotatable bonds is 4. The van der Waals surface area contributed by atoms with Crippen molar-refractivity contribution in [2.24, 2.45) is 11.7 Å². The van der Waals surface area contributed by atoms with Crippen LogP contribution in [0.25, 0.3) is 0 Å². The van der Waals surface area contributed by atoms with Gasteiger partial charge < -0.3 is 10.5 Å². The largest absolute Gasteiger partial charge is 0.379 e. The predicted molar refractivity (Wildman–Crippen MR) is 63.4 cm³/mol. The zero-order valence-corrected chi connectivity index (χ0v) is 10.2. The Morgan fingerprint density at radius 1 is 1.47 bits per heavy atom. The molecule has 3 aliphatic rings. The molecule has 5 nitrogen and oxygen atoms in total. The summed E-state index contributed by atoms with van der Waals surface area (Å²) in [6.45, 7) is 4.90. The fraction of sp³-hybridized carbons (Fsp3) is 0.917. The Balaban J connectivity index is 1.48. The van der Waals surface area contributed by atoms with Gasteiger partial charge >= 0.3 is 0 Å². The third-order valence-corrected chi connectivity index (χ3v) is 4.54. The van der Waals surface area contributed by atoms with E-state index in [1.807, 2.05) is 0 Å². The molecule has 0 aromatic carbocycles. The number of carbonyl (C=O) groups excluding carboxylic acids is 1. The number of carbonyl (C=O) groups is 1. The third kappa shape index (κ3) is 2.19. The van der Waals surface area contributed by atoms with Crippen LogP contribution in [0.3, 0.4) is 0 Å². The summed E-state index contributed by atoms with van der Waals surface area (Å²) in [5.74, 6) is 0.490. The number of ether oxygens (including phenoxy) is 1. The maximum absolute atomic E-state index is 11.1. The molecule has 5 heteroatoms. The van der Waals surface area contributed by atoms with Crippen molar-refractivity contribution in [3.05, 3.63) is 0 Å². The Kier molecular flexibility index (Phi) is 2.84. The van der Waals surface area contributed by atoms with Crippen LogP contribution in [0.4, 0.5) is 0 Å². The number of nitrogens with two attached hydrogens (primary N) is 1. The van der Waals surface area contributed by atoms with Crippen molar-refractivity contribution in [3.63, 3.8) is 0 Å². The maximum atomic E-state index is 11.1. The summed E-state index contributed by atoms with van der Waals surface area (Å²) >= 11 is 0. The Morgan fingerprint density at radius 2 is 2.24 bits per heavy atom. The number of primary amides is 1. The highest BCUT2D eigenvalue weighted by Crippen LogP contribution is 2.53. The number of fused-ring (bicyclic) bond motifs is 1. The van der Waals surface area contributed by atoms with E-state index in [0.717, 1.165) is 45.7 Å². The third-order valence-electron chi connectivity index (χ3n) is 4.54. The molecule has 3 N–H and O–H groups in total. The summed E-state index contributed by atoms with van der Waals surface area (Å²) < 4.78 is 5.34. The summed E-state index contributed by atoms with van der Waals surface area (Å²) in [6.07, 6.45) is 3.31. The van der Waals surface area contributed by atoms with Crippen LogP contribution in [-0.4, -0.2) is 55.2 Å². The van der Waals surface area contributed by atoms with Crippen LogP contribution in [-0.2, 0) is 9.53 Å². The highest BCUT2D eigenvalue weighted by atomic mass is 16.5. The van der Waals surface area contributed by atoms with Crippen LogP contribution >= 0.6 is 0 Å². The number of nitrogens with one attached hydrogen (secondary N) is 1. The first-order chi connectivity index (χ1) is 8.20. The van der Waals surface area contributed by atoms with Crippen molar-refractivity contribution in [3.8, 4) is 0 Å². The van der Waals surface area contributed by atoms with Crippen LogP contribution in [0.5, 0.6) is 0 Å². The summed E-state index contributed by atoms with van der Waals surface area (Å²) in [7, 11) is 0. The monoisotopic (exact) mass is 239 g/mol. The van der Waals surface area contributed by atoms with Crippen molar-refractivity contribution in [1.29, 1.82) is 0 Å². The topological polar surface area (TPSA) is 67.6 Å². The molecule has 17 heavy (non-hydrogen) atoms. The lowest BCUT2D eigenvalue weighted by atomic mass is 10.1.